The Morgan fingerprint density at radius 1 is 1.14 bits per heavy atom. The Balaban J connectivity index is 1.71. The van der Waals surface area contributed by atoms with Crippen LogP contribution in [0.15, 0.2) is 67.6 Å². The average Bonchev–Trinajstić information content (AvgIpc) is 3.31. The van der Waals surface area contributed by atoms with Crippen molar-refractivity contribution in [3.8, 4) is 17.0 Å². The van der Waals surface area contributed by atoms with Crippen LogP contribution in [0.2, 0.25) is 0 Å². The van der Waals surface area contributed by atoms with Gasteiger partial charge in [0.15, 0.2) is 0 Å². The molecular weight excluding hydrogens is 456 g/mol. The normalized spacial score (nSPS) is 10.9. The van der Waals surface area contributed by atoms with Crippen LogP contribution in [0.25, 0.3) is 16.8 Å². The molecule has 3 aromatic heterocycles. The second-order valence-electron chi connectivity index (χ2n) is 8.49. The Bertz CT molecular complexity index is 1370. The van der Waals surface area contributed by atoms with Crippen LogP contribution in [0.5, 0.6) is 5.75 Å². The first kappa shape index (κ1) is 24.7. The zero-order chi connectivity index (χ0) is 25.7. The molecule has 0 bridgehead atoms. The van der Waals surface area contributed by atoms with Gasteiger partial charge in [-0.1, -0.05) is 6.58 Å². The number of amides is 1. The third-order valence-corrected chi connectivity index (χ3v) is 5.66. The van der Waals surface area contributed by atoms with Gasteiger partial charge in [0.1, 0.15) is 5.75 Å². The quantitative estimate of drug-likeness (QED) is 0.328. The summed E-state index contributed by atoms with van der Waals surface area (Å²) in [6.07, 6.45) is 6.51. The van der Waals surface area contributed by atoms with Crippen molar-refractivity contribution in [2.75, 3.05) is 56.9 Å². The first-order valence-corrected chi connectivity index (χ1v) is 11.4. The van der Waals surface area contributed by atoms with Crippen LogP contribution in [0.4, 0.5) is 23.0 Å². The number of hydrogen-bond donors (Lipinski definition) is 2. The van der Waals surface area contributed by atoms with E-state index in [0.29, 0.717) is 23.1 Å². The molecule has 3 heterocycles. The van der Waals surface area contributed by atoms with Crippen molar-refractivity contribution in [2.24, 2.45) is 0 Å². The minimum atomic E-state index is -0.306. The van der Waals surface area contributed by atoms with Crippen molar-refractivity contribution >= 4 is 34.4 Å². The van der Waals surface area contributed by atoms with E-state index in [1.54, 1.807) is 25.7 Å². The molecule has 0 aliphatic rings. The molecule has 0 aliphatic heterocycles. The van der Waals surface area contributed by atoms with Gasteiger partial charge in [-0.25, -0.2) is 9.50 Å². The number of aromatic nitrogens is 4. The Labute approximate surface area is 210 Å². The number of benzene rings is 1. The molecule has 0 aliphatic carbocycles. The van der Waals surface area contributed by atoms with Gasteiger partial charge in [-0.2, -0.15) is 0 Å². The number of likely N-dealkylation sites (N-methyl/N-ethyl adjacent to an activating group) is 2. The number of carbonyl (C=O) groups is 1. The Morgan fingerprint density at radius 3 is 2.67 bits per heavy atom. The summed E-state index contributed by atoms with van der Waals surface area (Å²) in [6.45, 7) is 5.17. The number of anilines is 4. The maximum Gasteiger partial charge on any atom is 0.247 e. The van der Waals surface area contributed by atoms with Crippen molar-refractivity contribution < 1.29 is 9.53 Å². The van der Waals surface area contributed by atoms with E-state index < -0.39 is 0 Å². The molecule has 0 radical (unpaired) electrons. The van der Waals surface area contributed by atoms with Gasteiger partial charge in [0.2, 0.25) is 11.9 Å². The smallest absolute Gasteiger partial charge is 0.247 e. The predicted molar refractivity (Wildman–Crippen MR) is 143 cm³/mol. The van der Waals surface area contributed by atoms with E-state index in [1.807, 2.05) is 62.1 Å². The highest BCUT2D eigenvalue weighted by Crippen LogP contribution is 2.38. The van der Waals surface area contributed by atoms with E-state index in [4.69, 9.17) is 4.74 Å². The van der Waals surface area contributed by atoms with E-state index in [-0.39, 0.29) is 5.91 Å². The van der Waals surface area contributed by atoms with Crippen molar-refractivity contribution in [2.45, 2.75) is 0 Å². The third kappa shape index (κ3) is 5.44. The zero-order valence-electron chi connectivity index (χ0n) is 20.9. The topological polar surface area (TPSA) is 99.9 Å². The summed E-state index contributed by atoms with van der Waals surface area (Å²) >= 11 is 0. The van der Waals surface area contributed by atoms with Gasteiger partial charge in [0.05, 0.1) is 41.6 Å². The summed E-state index contributed by atoms with van der Waals surface area (Å²) in [5, 5.41) is 10.8. The summed E-state index contributed by atoms with van der Waals surface area (Å²) in [5.74, 6) is 0.651. The van der Waals surface area contributed by atoms with Gasteiger partial charge in [-0.3, -0.25) is 9.78 Å². The lowest BCUT2D eigenvalue weighted by molar-refractivity contribution is -0.111. The molecule has 4 aromatic rings. The number of fused-ring (bicyclic) bond motifs is 1. The number of nitrogens with one attached hydrogen (secondary N) is 2. The summed E-state index contributed by atoms with van der Waals surface area (Å²) in [7, 11) is 7.60. The van der Waals surface area contributed by atoms with Crippen molar-refractivity contribution in [3.05, 3.63) is 67.6 Å². The number of carbonyl (C=O) groups excluding carboxylic acids is 1. The van der Waals surface area contributed by atoms with Crippen molar-refractivity contribution in [1.82, 2.24) is 24.5 Å². The highest BCUT2D eigenvalue weighted by atomic mass is 16.5. The molecule has 1 aromatic carbocycles. The number of ether oxygens (including phenoxy) is 1. The molecule has 10 heteroatoms. The fraction of sp³-hybridized carbons (Fsp3) is 0.231. The lowest BCUT2D eigenvalue weighted by Gasteiger charge is -2.25. The van der Waals surface area contributed by atoms with Gasteiger partial charge in [0.25, 0.3) is 0 Å². The zero-order valence-corrected chi connectivity index (χ0v) is 20.9. The highest BCUT2D eigenvalue weighted by Gasteiger charge is 2.17. The molecule has 0 fully saturated rings. The van der Waals surface area contributed by atoms with E-state index >= 15 is 0 Å². The summed E-state index contributed by atoms with van der Waals surface area (Å²) < 4.78 is 7.49. The minimum absolute atomic E-state index is 0.306. The van der Waals surface area contributed by atoms with Crippen molar-refractivity contribution in [3.63, 3.8) is 0 Å². The number of hydrogen-bond acceptors (Lipinski definition) is 8. The van der Waals surface area contributed by atoms with Crippen LogP contribution >= 0.6 is 0 Å². The van der Waals surface area contributed by atoms with Crippen LogP contribution in [0.1, 0.15) is 0 Å². The Morgan fingerprint density at radius 2 is 1.97 bits per heavy atom. The third-order valence-electron chi connectivity index (χ3n) is 5.66. The van der Waals surface area contributed by atoms with Crippen LogP contribution in [0.3, 0.4) is 0 Å². The second kappa shape index (κ2) is 10.9. The number of rotatable bonds is 10. The van der Waals surface area contributed by atoms with E-state index in [0.717, 1.165) is 35.6 Å². The van der Waals surface area contributed by atoms with Gasteiger partial charge in [-0.05, 0) is 50.5 Å². The molecule has 0 spiro atoms. The maximum absolute atomic E-state index is 12.2. The maximum atomic E-state index is 12.2. The summed E-state index contributed by atoms with van der Waals surface area (Å²) in [4.78, 5) is 25.0. The number of methoxy groups -OCH3 is 1. The fourth-order valence-electron chi connectivity index (χ4n) is 3.72. The Kier molecular flexibility index (Phi) is 7.45. The first-order valence-electron chi connectivity index (χ1n) is 11.4. The summed E-state index contributed by atoms with van der Waals surface area (Å²) in [5.41, 5.74) is 4.73. The minimum Gasteiger partial charge on any atom is -0.494 e. The monoisotopic (exact) mass is 486 g/mol. The molecule has 1 amide bonds. The van der Waals surface area contributed by atoms with Gasteiger partial charge in [0, 0.05) is 44.2 Å². The molecule has 36 heavy (non-hydrogen) atoms. The van der Waals surface area contributed by atoms with E-state index in [9.17, 15) is 4.79 Å². The number of pyridine rings is 1. The Hall–Kier alpha value is -4.44. The van der Waals surface area contributed by atoms with Crippen molar-refractivity contribution in [1.29, 1.82) is 0 Å². The van der Waals surface area contributed by atoms with E-state index in [1.165, 1.54) is 6.08 Å². The van der Waals surface area contributed by atoms with Crippen LogP contribution in [0, 0.1) is 0 Å². The van der Waals surface area contributed by atoms with Gasteiger partial charge in [-0.15, -0.1) is 5.10 Å². The molecular formula is C26H30N8O2. The standard InChI is InChI=1S/C26H30N8O2/c1-6-25(35)29-20-14-21(24(36-5)15-23(20)33(4)13-12-32(2)3)30-26-28-17-19-9-10-22(34(19)31-26)18-8-7-11-27-16-18/h6-11,14-17H,1,12-13H2,2-5H3,(H,29,35)(H,30,31). The van der Waals surface area contributed by atoms with Crippen LogP contribution in [-0.2, 0) is 4.79 Å². The van der Waals surface area contributed by atoms with Gasteiger partial charge < -0.3 is 25.2 Å². The van der Waals surface area contributed by atoms with Gasteiger partial charge >= 0.3 is 0 Å². The molecule has 0 saturated carbocycles. The molecule has 0 atom stereocenters. The number of nitrogens with zero attached hydrogens (tertiary/aromatic N) is 6. The molecule has 186 valence electrons. The largest absolute Gasteiger partial charge is 0.494 e. The molecule has 0 saturated heterocycles. The predicted octanol–water partition coefficient (Wildman–Crippen LogP) is 3.67. The first-order chi connectivity index (χ1) is 17.4. The van der Waals surface area contributed by atoms with E-state index in [2.05, 4.69) is 42.1 Å². The molecule has 4 rings (SSSR count). The highest BCUT2D eigenvalue weighted by molar-refractivity contribution is 6.02. The summed E-state index contributed by atoms with van der Waals surface area (Å²) in [6, 6.07) is 11.5. The second-order valence-corrected chi connectivity index (χ2v) is 8.49. The molecule has 10 nitrogen and oxygen atoms in total. The fourth-order valence-corrected chi connectivity index (χ4v) is 3.72. The van der Waals surface area contributed by atoms with Crippen LogP contribution < -0.4 is 20.3 Å². The molecule has 0 unspecified atom stereocenters. The SMILES string of the molecule is C=CC(=O)Nc1cc(Nc2ncc3ccc(-c4cccnc4)n3n2)c(OC)cc1N(C)CCN(C)C. The lowest BCUT2D eigenvalue weighted by atomic mass is 10.2. The van der Waals surface area contributed by atoms with Crippen LogP contribution in [-0.4, -0.2) is 71.7 Å². The molecule has 2 N–H and O–H groups in total. The average molecular weight is 487 g/mol. The lowest BCUT2D eigenvalue weighted by Crippen LogP contribution is -2.29.